The van der Waals surface area contributed by atoms with E-state index in [1.807, 2.05) is 12.1 Å². The predicted octanol–water partition coefficient (Wildman–Crippen LogP) is 1.42. The first-order valence-electron chi connectivity index (χ1n) is 6.08. The second kappa shape index (κ2) is 5.27. The van der Waals surface area contributed by atoms with Gasteiger partial charge in [-0.2, -0.15) is 0 Å². The SMILES string of the molecule is COc1cccc(N2CCCN(C)CC2)c1N. The lowest BCUT2D eigenvalue weighted by Crippen LogP contribution is -2.29. The van der Waals surface area contributed by atoms with Gasteiger partial charge in [0.05, 0.1) is 18.5 Å². The number of nitrogens with two attached hydrogens (primary N) is 1. The highest BCUT2D eigenvalue weighted by Gasteiger charge is 2.16. The summed E-state index contributed by atoms with van der Waals surface area (Å²) in [5.41, 5.74) is 7.98. The van der Waals surface area contributed by atoms with E-state index in [2.05, 4.69) is 22.9 Å². The van der Waals surface area contributed by atoms with Crippen molar-refractivity contribution in [2.24, 2.45) is 0 Å². The molecular formula is C13H21N3O. The number of likely N-dealkylation sites (N-methyl/N-ethyl adjacent to an activating group) is 1. The second-order valence-electron chi connectivity index (χ2n) is 4.54. The quantitative estimate of drug-likeness (QED) is 0.787. The van der Waals surface area contributed by atoms with Crippen LogP contribution < -0.4 is 15.4 Å². The van der Waals surface area contributed by atoms with Crippen LogP contribution in [0, 0.1) is 0 Å². The average Bonchev–Trinajstić information content (AvgIpc) is 2.54. The van der Waals surface area contributed by atoms with Crippen molar-refractivity contribution in [2.45, 2.75) is 6.42 Å². The second-order valence-corrected chi connectivity index (χ2v) is 4.54. The summed E-state index contributed by atoms with van der Waals surface area (Å²) in [5.74, 6) is 0.764. The van der Waals surface area contributed by atoms with Gasteiger partial charge in [0.1, 0.15) is 5.75 Å². The molecule has 0 atom stereocenters. The molecule has 0 spiro atoms. The first-order chi connectivity index (χ1) is 8.22. The maximum Gasteiger partial charge on any atom is 0.143 e. The Bertz CT molecular complexity index is 381. The van der Waals surface area contributed by atoms with Crippen molar-refractivity contribution in [2.75, 3.05) is 51.0 Å². The third-order valence-electron chi connectivity index (χ3n) is 3.32. The fourth-order valence-corrected chi connectivity index (χ4v) is 2.27. The maximum atomic E-state index is 6.13. The largest absolute Gasteiger partial charge is 0.495 e. The number of hydrogen-bond donors (Lipinski definition) is 1. The molecule has 4 heteroatoms. The zero-order chi connectivity index (χ0) is 12.3. The monoisotopic (exact) mass is 235 g/mol. The molecule has 1 aromatic carbocycles. The highest BCUT2D eigenvalue weighted by molar-refractivity contribution is 5.74. The number of rotatable bonds is 2. The molecular weight excluding hydrogens is 214 g/mol. The molecule has 0 saturated carbocycles. The molecule has 17 heavy (non-hydrogen) atoms. The third-order valence-corrected chi connectivity index (χ3v) is 3.32. The van der Waals surface area contributed by atoms with Crippen molar-refractivity contribution in [1.82, 2.24) is 4.90 Å². The smallest absolute Gasteiger partial charge is 0.143 e. The summed E-state index contributed by atoms with van der Waals surface area (Å²) in [6.45, 7) is 4.31. The molecule has 0 aliphatic carbocycles. The molecule has 1 fully saturated rings. The van der Waals surface area contributed by atoms with Gasteiger partial charge < -0.3 is 20.3 Å². The van der Waals surface area contributed by atoms with Crippen LogP contribution in [0.3, 0.4) is 0 Å². The van der Waals surface area contributed by atoms with Crippen LogP contribution in [-0.4, -0.2) is 45.2 Å². The molecule has 1 saturated heterocycles. The number of para-hydroxylation sites is 1. The summed E-state index contributed by atoms with van der Waals surface area (Å²) in [6, 6.07) is 5.98. The number of nitrogen functional groups attached to an aromatic ring is 1. The normalized spacial score (nSPS) is 17.9. The molecule has 2 N–H and O–H groups in total. The summed E-state index contributed by atoms with van der Waals surface area (Å²) in [6.07, 6.45) is 1.17. The molecule has 0 bridgehead atoms. The zero-order valence-corrected chi connectivity index (χ0v) is 10.6. The van der Waals surface area contributed by atoms with Crippen molar-refractivity contribution in [3.63, 3.8) is 0 Å². The predicted molar refractivity (Wildman–Crippen MR) is 71.7 cm³/mol. The number of nitrogens with zero attached hydrogens (tertiary/aromatic N) is 2. The number of hydrogen-bond acceptors (Lipinski definition) is 4. The van der Waals surface area contributed by atoms with Crippen molar-refractivity contribution in [3.05, 3.63) is 18.2 Å². The van der Waals surface area contributed by atoms with Gasteiger partial charge in [0, 0.05) is 19.6 Å². The van der Waals surface area contributed by atoms with Gasteiger partial charge in [-0.15, -0.1) is 0 Å². The van der Waals surface area contributed by atoms with Gasteiger partial charge >= 0.3 is 0 Å². The number of benzene rings is 1. The van der Waals surface area contributed by atoms with E-state index < -0.39 is 0 Å². The standard InChI is InChI=1S/C13H21N3O/c1-15-7-4-8-16(10-9-15)11-5-3-6-12(17-2)13(11)14/h3,5-6H,4,7-10,14H2,1-2H3. The topological polar surface area (TPSA) is 41.7 Å². The van der Waals surface area contributed by atoms with Crippen LogP contribution >= 0.6 is 0 Å². The van der Waals surface area contributed by atoms with Crippen LogP contribution in [0.1, 0.15) is 6.42 Å². The Morgan fingerprint density at radius 2 is 2.00 bits per heavy atom. The van der Waals surface area contributed by atoms with E-state index in [1.54, 1.807) is 7.11 Å². The van der Waals surface area contributed by atoms with Crippen LogP contribution in [0.2, 0.25) is 0 Å². The molecule has 4 nitrogen and oxygen atoms in total. The molecule has 2 rings (SSSR count). The number of anilines is 2. The van der Waals surface area contributed by atoms with Crippen LogP contribution in [-0.2, 0) is 0 Å². The Kier molecular flexibility index (Phi) is 3.74. The Hall–Kier alpha value is -1.42. The molecule has 1 aromatic rings. The van der Waals surface area contributed by atoms with E-state index in [0.29, 0.717) is 0 Å². The van der Waals surface area contributed by atoms with E-state index in [9.17, 15) is 0 Å². The highest BCUT2D eigenvalue weighted by Crippen LogP contribution is 2.32. The number of methoxy groups -OCH3 is 1. The van der Waals surface area contributed by atoms with E-state index >= 15 is 0 Å². The van der Waals surface area contributed by atoms with E-state index in [1.165, 1.54) is 6.42 Å². The Morgan fingerprint density at radius 1 is 1.18 bits per heavy atom. The minimum atomic E-state index is 0.750. The van der Waals surface area contributed by atoms with E-state index in [4.69, 9.17) is 10.5 Å². The summed E-state index contributed by atoms with van der Waals surface area (Å²) in [4.78, 5) is 4.71. The summed E-state index contributed by atoms with van der Waals surface area (Å²) in [5, 5.41) is 0. The summed E-state index contributed by atoms with van der Waals surface area (Å²) in [7, 11) is 3.82. The fraction of sp³-hybridized carbons (Fsp3) is 0.538. The van der Waals surface area contributed by atoms with Gasteiger partial charge in [0.2, 0.25) is 0 Å². The first kappa shape index (κ1) is 12.0. The van der Waals surface area contributed by atoms with Crippen molar-refractivity contribution >= 4 is 11.4 Å². The minimum Gasteiger partial charge on any atom is -0.495 e. The van der Waals surface area contributed by atoms with E-state index in [-0.39, 0.29) is 0 Å². The van der Waals surface area contributed by atoms with Gasteiger partial charge in [0.25, 0.3) is 0 Å². The fourth-order valence-electron chi connectivity index (χ4n) is 2.27. The molecule has 0 unspecified atom stereocenters. The van der Waals surface area contributed by atoms with Crippen molar-refractivity contribution in [3.8, 4) is 5.75 Å². The maximum absolute atomic E-state index is 6.13. The lowest BCUT2D eigenvalue weighted by Gasteiger charge is -2.25. The van der Waals surface area contributed by atoms with Gasteiger partial charge in [-0.25, -0.2) is 0 Å². The van der Waals surface area contributed by atoms with Crippen molar-refractivity contribution in [1.29, 1.82) is 0 Å². The van der Waals surface area contributed by atoms with Crippen LogP contribution in [0.25, 0.3) is 0 Å². The van der Waals surface area contributed by atoms with Crippen LogP contribution in [0.5, 0.6) is 5.75 Å². The molecule has 0 amide bonds. The number of ether oxygens (including phenoxy) is 1. The zero-order valence-electron chi connectivity index (χ0n) is 10.6. The minimum absolute atomic E-state index is 0.750. The molecule has 94 valence electrons. The first-order valence-corrected chi connectivity index (χ1v) is 6.08. The molecule has 0 radical (unpaired) electrons. The highest BCUT2D eigenvalue weighted by atomic mass is 16.5. The lowest BCUT2D eigenvalue weighted by atomic mass is 10.2. The molecule has 1 aliphatic rings. The molecule has 1 aliphatic heterocycles. The van der Waals surface area contributed by atoms with Gasteiger partial charge in [-0.3, -0.25) is 0 Å². The van der Waals surface area contributed by atoms with Crippen LogP contribution in [0.15, 0.2) is 18.2 Å². The summed E-state index contributed by atoms with van der Waals surface area (Å²) < 4.78 is 5.27. The summed E-state index contributed by atoms with van der Waals surface area (Å²) >= 11 is 0. The van der Waals surface area contributed by atoms with E-state index in [0.717, 1.165) is 43.3 Å². The Balaban J connectivity index is 2.21. The van der Waals surface area contributed by atoms with Gasteiger partial charge in [-0.1, -0.05) is 6.07 Å². The van der Waals surface area contributed by atoms with Crippen LogP contribution in [0.4, 0.5) is 11.4 Å². The van der Waals surface area contributed by atoms with Crippen molar-refractivity contribution < 1.29 is 4.74 Å². The lowest BCUT2D eigenvalue weighted by molar-refractivity contribution is 0.360. The molecule has 0 aromatic heterocycles. The van der Waals surface area contributed by atoms with Gasteiger partial charge in [0.15, 0.2) is 0 Å². The average molecular weight is 235 g/mol. The Morgan fingerprint density at radius 3 is 2.76 bits per heavy atom. The van der Waals surface area contributed by atoms with Gasteiger partial charge in [-0.05, 0) is 32.1 Å². The third kappa shape index (κ3) is 2.64. The molecule has 1 heterocycles. The Labute approximate surface area is 103 Å².